The molecular weight excluding hydrogens is 442 g/mol. The molecule has 0 aliphatic carbocycles. The minimum atomic E-state index is -0.388. The van der Waals surface area contributed by atoms with Gasteiger partial charge in [-0.15, -0.1) is 0 Å². The molecule has 0 radical (unpaired) electrons. The summed E-state index contributed by atoms with van der Waals surface area (Å²) in [7, 11) is 3.91. The molecule has 4 rings (SSSR count). The molecule has 3 aromatic rings. The predicted octanol–water partition coefficient (Wildman–Crippen LogP) is 4.96. The number of benzene rings is 2. The van der Waals surface area contributed by atoms with Gasteiger partial charge in [-0.2, -0.15) is 0 Å². The van der Waals surface area contributed by atoms with Crippen molar-refractivity contribution in [3.05, 3.63) is 78.2 Å². The van der Waals surface area contributed by atoms with E-state index in [0.29, 0.717) is 16.9 Å². The van der Waals surface area contributed by atoms with Crippen LogP contribution in [0.3, 0.4) is 0 Å². The zero-order valence-electron chi connectivity index (χ0n) is 20.2. The van der Waals surface area contributed by atoms with Crippen molar-refractivity contribution in [2.75, 3.05) is 49.3 Å². The molecule has 35 heavy (non-hydrogen) atoms. The van der Waals surface area contributed by atoms with Crippen LogP contribution < -0.4 is 15.5 Å². The summed E-state index contributed by atoms with van der Waals surface area (Å²) in [5.74, 6) is -0.322. The molecule has 2 heterocycles. The molecule has 182 valence electrons. The van der Waals surface area contributed by atoms with Crippen LogP contribution in [-0.2, 0) is 0 Å². The SMILES string of the molecule is CN(C)c1ccc(NC(=O)c2cnc(Nc3ccc(C(=O)/C=C/CN4CCCCC4)cc3)o2)cc1. The van der Waals surface area contributed by atoms with Gasteiger partial charge in [0.2, 0.25) is 5.76 Å². The number of amides is 1. The van der Waals surface area contributed by atoms with Crippen molar-refractivity contribution < 1.29 is 14.0 Å². The number of allylic oxidation sites excluding steroid dienone is 1. The molecule has 0 spiro atoms. The van der Waals surface area contributed by atoms with Crippen molar-refractivity contribution in [1.29, 1.82) is 0 Å². The first-order valence-electron chi connectivity index (χ1n) is 11.8. The van der Waals surface area contributed by atoms with Gasteiger partial charge in [-0.05, 0) is 80.5 Å². The fourth-order valence-electron chi connectivity index (χ4n) is 3.86. The lowest BCUT2D eigenvalue weighted by molar-refractivity contribution is 0.0996. The summed E-state index contributed by atoms with van der Waals surface area (Å²) in [4.78, 5) is 33.4. The topological polar surface area (TPSA) is 90.7 Å². The van der Waals surface area contributed by atoms with Crippen LogP contribution in [0, 0.1) is 0 Å². The number of piperidine rings is 1. The molecule has 1 saturated heterocycles. The van der Waals surface area contributed by atoms with E-state index in [2.05, 4.69) is 20.5 Å². The summed E-state index contributed by atoms with van der Waals surface area (Å²) in [6.07, 6.45) is 8.72. The number of aromatic nitrogens is 1. The summed E-state index contributed by atoms with van der Waals surface area (Å²) >= 11 is 0. The van der Waals surface area contributed by atoms with Crippen LogP contribution in [0.2, 0.25) is 0 Å². The van der Waals surface area contributed by atoms with Gasteiger partial charge in [-0.25, -0.2) is 4.98 Å². The number of carbonyl (C=O) groups excluding carboxylic acids is 2. The van der Waals surface area contributed by atoms with Crippen molar-refractivity contribution in [3.8, 4) is 0 Å². The number of likely N-dealkylation sites (tertiary alicyclic amines) is 1. The number of hydrogen-bond donors (Lipinski definition) is 2. The van der Waals surface area contributed by atoms with Crippen LogP contribution in [0.4, 0.5) is 23.1 Å². The van der Waals surface area contributed by atoms with Gasteiger partial charge in [0.05, 0.1) is 6.20 Å². The Labute approximate surface area is 205 Å². The van der Waals surface area contributed by atoms with E-state index in [-0.39, 0.29) is 23.5 Å². The van der Waals surface area contributed by atoms with Crippen LogP contribution in [-0.4, -0.2) is 55.3 Å². The summed E-state index contributed by atoms with van der Waals surface area (Å²) in [6.45, 7) is 3.02. The molecular formula is C27H31N5O3. The Bertz CT molecular complexity index is 1160. The Balaban J connectivity index is 1.29. The molecule has 8 heteroatoms. The zero-order chi connectivity index (χ0) is 24.6. The average Bonchev–Trinajstić information content (AvgIpc) is 3.34. The van der Waals surface area contributed by atoms with E-state index in [1.165, 1.54) is 25.5 Å². The average molecular weight is 474 g/mol. The predicted molar refractivity (Wildman–Crippen MR) is 139 cm³/mol. The number of nitrogens with zero attached hydrogens (tertiary/aromatic N) is 3. The summed E-state index contributed by atoms with van der Waals surface area (Å²) < 4.78 is 5.55. The first kappa shape index (κ1) is 24.2. The van der Waals surface area contributed by atoms with Crippen molar-refractivity contribution in [2.45, 2.75) is 19.3 Å². The molecule has 0 unspecified atom stereocenters. The van der Waals surface area contributed by atoms with Crippen LogP contribution in [0.5, 0.6) is 0 Å². The number of carbonyl (C=O) groups is 2. The van der Waals surface area contributed by atoms with Gasteiger partial charge in [0.15, 0.2) is 5.78 Å². The molecule has 1 aliphatic heterocycles. The highest BCUT2D eigenvalue weighted by Gasteiger charge is 2.14. The highest BCUT2D eigenvalue weighted by molar-refractivity contribution is 6.04. The third-order valence-electron chi connectivity index (χ3n) is 5.87. The van der Waals surface area contributed by atoms with Gasteiger partial charge in [-0.3, -0.25) is 14.5 Å². The summed E-state index contributed by atoms with van der Waals surface area (Å²) in [6, 6.07) is 14.8. The maximum atomic E-state index is 12.5. The number of anilines is 4. The smallest absolute Gasteiger partial charge is 0.299 e. The van der Waals surface area contributed by atoms with Gasteiger partial charge >= 0.3 is 0 Å². The Morgan fingerprint density at radius 1 is 1.00 bits per heavy atom. The van der Waals surface area contributed by atoms with E-state index in [1.807, 2.05) is 49.3 Å². The van der Waals surface area contributed by atoms with Gasteiger partial charge in [0, 0.05) is 43.3 Å². The van der Waals surface area contributed by atoms with Crippen molar-refractivity contribution in [3.63, 3.8) is 0 Å². The van der Waals surface area contributed by atoms with Crippen molar-refractivity contribution >= 4 is 34.8 Å². The Hall–Kier alpha value is -3.91. The number of oxazole rings is 1. The normalized spacial score (nSPS) is 14.1. The quantitative estimate of drug-likeness (QED) is 0.335. The Kier molecular flexibility index (Phi) is 7.95. The van der Waals surface area contributed by atoms with Crippen LogP contribution >= 0.6 is 0 Å². The Morgan fingerprint density at radius 3 is 2.37 bits per heavy atom. The van der Waals surface area contributed by atoms with E-state index in [0.717, 1.165) is 25.3 Å². The Morgan fingerprint density at radius 2 is 1.69 bits per heavy atom. The van der Waals surface area contributed by atoms with Crippen LogP contribution in [0.15, 0.2) is 71.3 Å². The second-order valence-electron chi connectivity index (χ2n) is 8.76. The maximum absolute atomic E-state index is 12.5. The standard InChI is InChI=1S/C27H31N5O3/c1-31(2)23-14-12-21(13-15-23)29-26(34)25-19-28-27(35-25)30-22-10-8-20(9-11-22)24(33)7-6-18-32-16-4-3-5-17-32/h6-15,19H,3-5,16-18H2,1-2H3,(H,28,30)(H,29,34)/b7-6+. The van der Waals surface area contributed by atoms with E-state index in [1.54, 1.807) is 30.3 Å². The second-order valence-corrected chi connectivity index (χ2v) is 8.76. The first-order chi connectivity index (χ1) is 17.0. The molecule has 1 amide bonds. The van der Waals surface area contributed by atoms with Gasteiger partial charge < -0.3 is 20.0 Å². The lowest BCUT2D eigenvalue weighted by Gasteiger charge is -2.24. The summed E-state index contributed by atoms with van der Waals surface area (Å²) in [5, 5.41) is 5.81. The third kappa shape index (κ3) is 6.80. The number of rotatable bonds is 9. The molecule has 2 aromatic carbocycles. The third-order valence-corrected chi connectivity index (χ3v) is 5.87. The largest absolute Gasteiger partial charge is 0.418 e. The van der Waals surface area contributed by atoms with Crippen molar-refractivity contribution in [1.82, 2.24) is 9.88 Å². The number of hydrogen-bond acceptors (Lipinski definition) is 7. The van der Waals surface area contributed by atoms with E-state index < -0.39 is 0 Å². The molecule has 1 aromatic heterocycles. The molecule has 2 N–H and O–H groups in total. The minimum absolute atomic E-state index is 0.0257. The first-order valence-corrected chi connectivity index (χ1v) is 11.8. The maximum Gasteiger partial charge on any atom is 0.299 e. The monoisotopic (exact) mass is 473 g/mol. The zero-order valence-corrected chi connectivity index (χ0v) is 20.2. The highest BCUT2D eigenvalue weighted by Crippen LogP contribution is 2.20. The lowest BCUT2D eigenvalue weighted by Crippen LogP contribution is -2.29. The highest BCUT2D eigenvalue weighted by atomic mass is 16.4. The molecule has 0 atom stereocenters. The van der Waals surface area contributed by atoms with Gasteiger partial charge in [0.1, 0.15) is 0 Å². The fourth-order valence-corrected chi connectivity index (χ4v) is 3.86. The van der Waals surface area contributed by atoms with Crippen LogP contribution in [0.1, 0.15) is 40.2 Å². The van der Waals surface area contributed by atoms with Crippen molar-refractivity contribution in [2.24, 2.45) is 0 Å². The lowest BCUT2D eigenvalue weighted by atomic mass is 10.1. The molecule has 1 fully saturated rings. The number of ketones is 1. The van der Waals surface area contributed by atoms with Gasteiger partial charge in [-0.1, -0.05) is 12.5 Å². The molecule has 8 nitrogen and oxygen atoms in total. The van der Waals surface area contributed by atoms with Gasteiger partial charge in [0.25, 0.3) is 11.9 Å². The van der Waals surface area contributed by atoms with Crippen LogP contribution in [0.25, 0.3) is 0 Å². The molecule has 0 bridgehead atoms. The van der Waals surface area contributed by atoms with E-state index in [4.69, 9.17) is 4.42 Å². The molecule has 0 saturated carbocycles. The van der Waals surface area contributed by atoms with E-state index >= 15 is 0 Å². The number of nitrogens with one attached hydrogen (secondary N) is 2. The second kappa shape index (κ2) is 11.5. The van der Waals surface area contributed by atoms with E-state index in [9.17, 15) is 9.59 Å². The molecule has 1 aliphatic rings. The minimum Gasteiger partial charge on any atom is -0.418 e. The fraction of sp³-hybridized carbons (Fsp3) is 0.296. The summed E-state index contributed by atoms with van der Waals surface area (Å²) in [5.41, 5.74) is 3.01.